The predicted octanol–water partition coefficient (Wildman–Crippen LogP) is 5.50. The van der Waals surface area contributed by atoms with Gasteiger partial charge in [0, 0.05) is 10.2 Å². The van der Waals surface area contributed by atoms with E-state index in [1.165, 1.54) is 0 Å². The van der Waals surface area contributed by atoms with Gasteiger partial charge in [-0.15, -0.1) is 11.8 Å². The molecule has 0 bridgehead atoms. The van der Waals surface area contributed by atoms with Crippen LogP contribution in [-0.4, -0.2) is 27.7 Å². The molecule has 0 aromatic heterocycles. The molecule has 2 aliphatic heterocycles. The topological polar surface area (TPSA) is 23.6 Å². The fourth-order valence-electron chi connectivity index (χ4n) is 3.04. The number of fused-ring (bicyclic) bond motifs is 1. The van der Waals surface area contributed by atoms with Gasteiger partial charge in [-0.1, -0.05) is 51.3 Å². The van der Waals surface area contributed by atoms with Crippen LogP contribution in [-0.2, 0) is 4.79 Å². The van der Waals surface area contributed by atoms with Crippen molar-refractivity contribution in [3.8, 4) is 0 Å². The Balaban J connectivity index is 1.68. The van der Waals surface area contributed by atoms with E-state index in [0.29, 0.717) is 26.6 Å². The average molecular weight is 474 g/mol. The van der Waals surface area contributed by atoms with Crippen molar-refractivity contribution in [2.45, 2.75) is 11.4 Å². The summed E-state index contributed by atoms with van der Waals surface area (Å²) in [7, 11) is 0. The molecule has 25 heavy (non-hydrogen) atoms. The number of benzene rings is 2. The summed E-state index contributed by atoms with van der Waals surface area (Å²) < 4.78 is 1.02. The van der Waals surface area contributed by atoms with Gasteiger partial charge in [0.2, 0.25) is 0 Å². The molecule has 0 aliphatic carbocycles. The van der Waals surface area contributed by atoms with Crippen LogP contribution in [0.4, 0.5) is 5.69 Å². The second-order valence-corrected chi connectivity index (χ2v) is 8.92. The highest BCUT2D eigenvalue weighted by molar-refractivity contribution is 9.10. The summed E-state index contributed by atoms with van der Waals surface area (Å²) in [5, 5.41) is 1.39. The van der Waals surface area contributed by atoms with Crippen molar-refractivity contribution in [1.82, 2.24) is 4.90 Å². The SMILES string of the molecule is O=C1[C@@H]2CSC(c3ccc(Br)cc3)N2C(=S)N1c1ccc(Cl)c(Cl)c1. The van der Waals surface area contributed by atoms with Gasteiger partial charge in [-0.25, -0.2) is 0 Å². The standard InChI is InChI=1S/C17H11BrCl2N2OS2/c18-10-3-1-9(2-4-10)16-22-14(8-25-16)15(23)21(17(22)24)11-5-6-12(19)13(20)7-11/h1-7,14,16H,8H2/t14-,16?/m0/s1. The number of carbonyl (C=O) groups is 1. The second-order valence-electron chi connectivity index (χ2n) is 5.71. The maximum absolute atomic E-state index is 12.9. The Morgan fingerprint density at radius 3 is 2.52 bits per heavy atom. The molecule has 1 amide bonds. The third-order valence-electron chi connectivity index (χ3n) is 4.23. The highest BCUT2D eigenvalue weighted by Crippen LogP contribution is 2.46. The van der Waals surface area contributed by atoms with E-state index in [0.717, 1.165) is 10.0 Å². The summed E-state index contributed by atoms with van der Waals surface area (Å²) in [6, 6.07) is 13.0. The average Bonchev–Trinajstić information content (AvgIpc) is 3.12. The molecule has 0 saturated carbocycles. The van der Waals surface area contributed by atoms with E-state index in [4.69, 9.17) is 35.4 Å². The lowest BCUT2D eigenvalue weighted by molar-refractivity contribution is -0.119. The first-order valence-electron chi connectivity index (χ1n) is 7.46. The van der Waals surface area contributed by atoms with Crippen molar-refractivity contribution < 1.29 is 4.79 Å². The van der Waals surface area contributed by atoms with Crippen LogP contribution in [0.25, 0.3) is 0 Å². The molecule has 2 fully saturated rings. The lowest BCUT2D eigenvalue weighted by atomic mass is 10.2. The molecule has 2 aromatic carbocycles. The van der Waals surface area contributed by atoms with Crippen LogP contribution in [0.1, 0.15) is 10.9 Å². The first-order valence-corrected chi connectivity index (χ1v) is 10.5. The lowest BCUT2D eigenvalue weighted by Crippen LogP contribution is -2.33. The number of halogens is 3. The molecule has 4 rings (SSSR count). The molecule has 0 N–H and O–H groups in total. The smallest absolute Gasteiger partial charge is 0.257 e. The summed E-state index contributed by atoms with van der Waals surface area (Å²) in [5.74, 6) is 0.688. The minimum Gasteiger partial charge on any atom is -0.319 e. The summed E-state index contributed by atoms with van der Waals surface area (Å²) in [5.41, 5.74) is 1.78. The third-order valence-corrected chi connectivity index (χ3v) is 7.22. The fraction of sp³-hybridized carbons (Fsp3) is 0.176. The van der Waals surface area contributed by atoms with E-state index in [2.05, 4.69) is 28.1 Å². The highest BCUT2D eigenvalue weighted by Gasteiger charge is 2.50. The zero-order valence-electron chi connectivity index (χ0n) is 12.7. The second kappa shape index (κ2) is 6.74. The van der Waals surface area contributed by atoms with Gasteiger partial charge in [-0.2, -0.15) is 0 Å². The normalized spacial score (nSPS) is 22.7. The summed E-state index contributed by atoms with van der Waals surface area (Å²) in [6.07, 6.45) is 0. The molecule has 0 radical (unpaired) electrons. The first-order chi connectivity index (χ1) is 12.0. The molecular formula is C17H11BrCl2N2OS2. The summed E-state index contributed by atoms with van der Waals surface area (Å²) in [6.45, 7) is 0. The number of thioether (sulfide) groups is 1. The number of rotatable bonds is 2. The molecule has 2 heterocycles. The van der Waals surface area contributed by atoms with E-state index in [9.17, 15) is 4.79 Å². The number of anilines is 1. The third kappa shape index (κ3) is 2.98. The number of thiocarbonyl (C=S) groups is 1. The van der Waals surface area contributed by atoms with Crippen LogP contribution in [0.3, 0.4) is 0 Å². The van der Waals surface area contributed by atoms with Gasteiger partial charge in [-0.05, 0) is 48.1 Å². The van der Waals surface area contributed by atoms with E-state index in [1.807, 2.05) is 17.0 Å². The maximum atomic E-state index is 12.9. The van der Waals surface area contributed by atoms with Crippen molar-refractivity contribution in [2.75, 3.05) is 10.7 Å². The maximum Gasteiger partial charge on any atom is 0.257 e. The fourth-order valence-corrected chi connectivity index (χ4v) is 5.51. The minimum atomic E-state index is -0.249. The van der Waals surface area contributed by atoms with E-state index < -0.39 is 0 Å². The lowest BCUT2D eigenvalue weighted by Gasteiger charge is -2.25. The minimum absolute atomic E-state index is 0.0181. The zero-order chi connectivity index (χ0) is 17.7. The van der Waals surface area contributed by atoms with Crippen molar-refractivity contribution in [3.05, 3.63) is 62.5 Å². The van der Waals surface area contributed by atoms with Crippen LogP contribution in [0.15, 0.2) is 46.9 Å². The molecule has 128 valence electrons. The molecule has 2 saturated heterocycles. The van der Waals surface area contributed by atoms with Gasteiger partial charge in [-0.3, -0.25) is 9.69 Å². The van der Waals surface area contributed by atoms with E-state index >= 15 is 0 Å². The van der Waals surface area contributed by atoms with Gasteiger partial charge in [0.15, 0.2) is 5.11 Å². The summed E-state index contributed by atoms with van der Waals surface area (Å²) >= 11 is 22.9. The van der Waals surface area contributed by atoms with Gasteiger partial charge < -0.3 is 4.90 Å². The van der Waals surface area contributed by atoms with Crippen LogP contribution >= 0.6 is 63.1 Å². The molecule has 8 heteroatoms. The van der Waals surface area contributed by atoms with Crippen LogP contribution < -0.4 is 4.90 Å². The largest absolute Gasteiger partial charge is 0.319 e. The molecule has 0 spiro atoms. The number of carbonyl (C=O) groups excluding carboxylic acids is 1. The Bertz CT molecular complexity index is 877. The van der Waals surface area contributed by atoms with Crippen LogP contribution in [0, 0.1) is 0 Å². The Morgan fingerprint density at radius 2 is 1.84 bits per heavy atom. The van der Waals surface area contributed by atoms with Gasteiger partial charge in [0.05, 0.1) is 15.7 Å². The molecule has 3 nitrogen and oxygen atoms in total. The van der Waals surface area contributed by atoms with Gasteiger partial charge in [0.25, 0.3) is 5.91 Å². The van der Waals surface area contributed by atoms with Gasteiger partial charge >= 0.3 is 0 Å². The molecule has 2 aromatic rings. The molecule has 1 unspecified atom stereocenters. The number of hydrogen-bond acceptors (Lipinski definition) is 3. The Labute approximate surface area is 173 Å². The molecule has 2 aliphatic rings. The number of amides is 1. The van der Waals surface area contributed by atoms with E-state index in [1.54, 1.807) is 34.9 Å². The van der Waals surface area contributed by atoms with Crippen molar-refractivity contribution >= 4 is 79.8 Å². The first kappa shape index (κ1) is 17.6. The van der Waals surface area contributed by atoms with Gasteiger partial charge in [0.1, 0.15) is 11.4 Å². The van der Waals surface area contributed by atoms with Crippen molar-refractivity contribution in [1.29, 1.82) is 0 Å². The molecule has 2 atom stereocenters. The van der Waals surface area contributed by atoms with E-state index in [-0.39, 0.29) is 17.3 Å². The monoisotopic (exact) mass is 472 g/mol. The van der Waals surface area contributed by atoms with Crippen LogP contribution in [0.5, 0.6) is 0 Å². The van der Waals surface area contributed by atoms with Crippen LogP contribution in [0.2, 0.25) is 10.0 Å². The Kier molecular flexibility index (Phi) is 4.75. The quantitative estimate of drug-likeness (QED) is 0.537. The zero-order valence-corrected chi connectivity index (χ0v) is 17.4. The number of nitrogens with zero attached hydrogens (tertiary/aromatic N) is 2. The highest BCUT2D eigenvalue weighted by atomic mass is 79.9. The summed E-state index contributed by atoms with van der Waals surface area (Å²) in [4.78, 5) is 16.5. The van der Waals surface area contributed by atoms with Crippen molar-refractivity contribution in [3.63, 3.8) is 0 Å². The van der Waals surface area contributed by atoms with Crippen molar-refractivity contribution in [2.24, 2.45) is 0 Å². The Morgan fingerprint density at radius 1 is 1.12 bits per heavy atom. The molecular weight excluding hydrogens is 463 g/mol. The predicted molar refractivity (Wildman–Crippen MR) is 112 cm³/mol. The number of hydrogen-bond donors (Lipinski definition) is 0. The Hall–Kier alpha value is -0.790.